The first kappa shape index (κ1) is 28.1. The van der Waals surface area contributed by atoms with Crippen LogP contribution in [-0.4, -0.2) is 55.4 Å². The zero-order valence-corrected chi connectivity index (χ0v) is 23.1. The van der Waals surface area contributed by atoms with E-state index in [0.29, 0.717) is 25.0 Å². The second kappa shape index (κ2) is 13.3. The zero-order valence-electron chi connectivity index (χ0n) is 23.1. The Balaban J connectivity index is 1.53. The van der Waals surface area contributed by atoms with Crippen molar-refractivity contribution in [3.63, 3.8) is 0 Å². The van der Waals surface area contributed by atoms with Gasteiger partial charge in [0.2, 0.25) is 5.91 Å². The molecule has 0 aromatic heterocycles. The van der Waals surface area contributed by atoms with Gasteiger partial charge in [-0.25, -0.2) is 4.79 Å². The highest BCUT2D eigenvalue weighted by molar-refractivity contribution is 5.92. The Morgan fingerprint density at radius 3 is 2.08 bits per heavy atom. The predicted molar refractivity (Wildman–Crippen MR) is 154 cm³/mol. The van der Waals surface area contributed by atoms with Gasteiger partial charge in [0, 0.05) is 45.7 Å². The first-order valence-electron chi connectivity index (χ1n) is 13.7. The van der Waals surface area contributed by atoms with Crippen molar-refractivity contribution >= 4 is 17.4 Å². The molecule has 0 saturated heterocycles. The van der Waals surface area contributed by atoms with Crippen LogP contribution in [0, 0.1) is 0 Å². The number of amides is 1. The van der Waals surface area contributed by atoms with Crippen LogP contribution < -0.4 is 4.89 Å². The summed E-state index contributed by atoms with van der Waals surface area (Å²) in [4.78, 5) is 40.2. The summed E-state index contributed by atoms with van der Waals surface area (Å²) in [5.74, 6) is 0.255. The van der Waals surface area contributed by atoms with Gasteiger partial charge in [-0.2, -0.15) is 0 Å². The molecule has 1 aliphatic rings. The second-order valence-corrected chi connectivity index (χ2v) is 10.2. The molecular weight excluding hydrogens is 488 g/mol. The monoisotopic (exact) mass is 526 g/mol. The number of nitrogens with zero attached hydrogens (tertiary/aromatic N) is 2. The Kier molecular flexibility index (Phi) is 9.55. The summed E-state index contributed by atoms with van der Waals surface area (Å²) in [6, 6.07) is 27.9. The Morgan fingerprint density at radius 2 is 1.51 bits per heavy atom. The van der Waals surface area contributed by atoms with Crippen LogP contribution in [0.5, 0.6) is 5.75 Å². The van der Waals surface area contributed by atoms with E-state index in [2.05, 4.69) is 35.2 Å². The summed E-state index contributed by atoms with van der Waals surface area (Å²) in [5.41, 5.74) is 3.33. The maximum Gasteiger partial charge on any atom is 0.355 e. The molecule has 0 saturated carbocycles. The number of carbonyl (C=O) groups excluding carboxylic acids is 2. The Labute approximate surface area is 231 Å². The SMILES string of the molecule is CCCC(=O)OOc1ccccc1C1=CCN(CCC(C(=O)N(C)C)(c2ccccc2)c2ccccc2)CC1. The van der Waals surface area contributed by atoms with Crippen LogP contribution in [0.25, 0.3) is 5.57 Å². The van der Waals surface area contributed by atoms with Gasteiger partial charge in [0.15, 0.2) is 5.75 Å². The Morgan fingerprint density at radius 1 is 0.897 bits per heavy atom. The minimum atomic E-state index is -0.779. The molecule has 0 fully saturated rings. The van der Waals surface area contributed by atoms with Gasteiger partial charge in [-0.05, 0) is 42.0 Å². The number of carbonyl (C=O) groups is 2. The average Bonchev–Trinajstić information content (AvgIpc) is 2.98. The molecule has 6 heteroatoms. The summed E-state index contributed by atoms with van der Waals surface area (Å²) in [7, 11) is 3.66. The van der Waals surface area contributed by atoms with Crippen molar-refractivity contribution in [1.82, 2.24) is 9.80 Å². The van der Waals surface area contributed by atoms with Crippen molar-refractivity contribution in [2.45, 2.75) is 38.0 Å². The van der Waals surface area contributed by atoms with Crippen molar-refractivity contribution in [1.29, 1.82) is 0 Å². The van der Waals surface area contributed by atoms with Crippen LogP contribution in [0.1, 0.15) is 49.3 Å². The smallest absolute Gasteiger partial charge is 0.348 e. The van der Waals surface area contributed by atoms with Crippen molar-refractivity contribution < 1.29 is 19.4 Å². The van der Waals surface area contributed by atoms with Crippen LogP contribution in [0.4, 0.5) is 0 Å². The van der Waals surface area contributed by atoms with E-state index in [1.807, 2.05) is 81.7 Å². The van der Waals surface area contributed by atoms with E-state index in [1.165, 1.54) is 0 Å². The standard InChI is InChI=1S/C33H38N2O4/c1-4-13-31(36)39-38-30-19-12-11-18-29(30)26-20-23-35(24-21-26)25-22-33(32(37)34(2)3,27-14-7-5-8-15-27)28-16-9-6-10-17-28/h5-12,14-20H,4,13,21-25H2,1-3H3. The second-order valence-electron chi connectivity index (χ2n) is 10.2. The molecule has 1 heterocycles. The minimum absolute atomic E-state index is 0.0804. The fourth-order valence-corrected chi connectivity index (χ4v) is 5.26. The highest BCUT2D eigenvalue weighted by Crippen LogP contribution is 2.38. The van der Waals surface area contributed by atoms with Gasteiger partial charge < -0.3 is 4.90 Å². The Hall–Kier alpha value is -3.90. The van der Waals surface area contributed by atoms with Gasteiger partial charge in [0.1, 0.15) is 5.41 Å². The van der Waals surface area contributed by atoms with E-state index in [9.17, 15) is 9.59 Å². The first-order valence-corrected chi connectivity index (χ1v) is 13.7. The molecule has 0 atom stereocenters. The molecule has 1 amide bonds. The Bertz CT molecular complexity index is 1230. The number of hydrogen-bond acceptors (Lipinski definition) is 5. The van der Waals surface area contributed by atoms with Gasteiger partial charge in [0.05, 0.1) is 0 Å². The lowest BCUT2D eigenvalue weighted by Crippen LogP contribution is -2.47. The lowest BCUT2D eigenvalue weighted by atomic mass is 9.70. The van der Waals surface area contributed by atoms with Crippen molar-refractivity contribution in [3.8, 4) is 5.75 Å². The highest BCUT2D eigenvalue weighted by atomic mass is 17.2. The van der Waals surface area contributed by atoms with Crippen molar-refractivity contribution in [3.05, 3.63) is 108 Å². The summed E-state index contributed by atoms with van der Waals surface area (Å²) >= 11 is 0. The van der Waals surface area contributed by atoms with Crippen LogP contribution in [0.2, 0.25) is 0 Å². The van der Waals surface area contributed by atoms with Gasteiger partial charge in [0.25, 0.3) is 0 Å². The van der Waals surface area contributed by atoms with Crippen LogP contribution in [0.15, 0.2) is 91.0 Å². The van der Waals surface area contributed by atoms with Gasteiger partial charge in [-0.15, -0.1) is 0 Å². The molecule has 0 bridgehead atoms. The fourth-order valence-electron chi connectivity index (χ4n) is 5.26. The van der Waals surface area contributed by atoms with Crippen molar-refractivity contribution in [2.75, 3.05) is 33.7 Å². The number of rotatable bonds is 11. The number of likely N-dealkylation sites (N-methyl/N-ethyl adjacent to an activating group) is 1. The highest BCUT2D eigenvalue weighted by Gasteiger charge is 2.43. The first-order chi connectivity index (χ1) is 19.0. The number of benzene rings is 3. The molecule has 6 nitrogen and oxygen atoms in total. The summed E-state index contributed by atoms with van der Waals surface area (Å²) in [6.07, 6.45) is 4.73. The van der Waals surface area contributed by atoms with Crippen molar-refractivity contribution in [2.24, 2.45) is 0 Å². The molecule has 1 aliphatic heterocycles. The van der Waals surface area contributed by atoms with Crippen LogP contribution in [-0.2, 0) is 19.9 Å². The number of para-hydroxylation sites is 1. The molecular formula is C33H38N2O4. The third-order valence-corrected chi connectivity index (χ3v) is 7.31. The number of hydrogen-bond donors (Lipinski definition) is 0. The summed E-state index contributed by atoms with van der Waals surface area (Å²) < 4.78 is 0. The predicted octanol–water partition coefficient (Wildman–Crippen LogP) is 5.88. The van der Waals surface area contributed by atoms with Crippen LogP contribution in [0.3, 0.4) is 0 Å². The largest absolute Gasteiger partial charge is 0.355 e. The lowest BCUT2D eigenvalue weighted by molar-refractivity contribution is -0.213. The zero-order chi connectivity index (χ0) is 27.7. The topological polar surface area (TPSA) is 59.1 Å². The van der Waals surface area contributed by atoms with E-state index in [4.69, 9.17) is 9.78 Å². The van der Waals surface area contributed by atoms with Gasteiger partial charge in [-0.1, -0.05) is 91.9 Å². The normalized spacial score (nSPS) is 13.9. The molecule has 0 radical (unpaired) electrons. The van der Waals surface area contributed by atoms with E-state index < -0.39 is 5.41 Å². The third kappa shape index (κ3) is 6.58. The van der Waals surface area contributed by atoms with E-state index >= 15 is 0 Å². The third-order valence-electron chi connectivity index (χ3n) is 7.31. The van der Waals surface area contributed by atoms with E-state index in [-0.39, 0.29) is 11.9 Å². The maximum atomic E-state index is 13.9. The molecule has 0 unspecified atom stereocenters. The minimum Gasteiger partial charge on any atom is -0.348 e. The van der Waals surface area contributed by atoms with E-state index in [0.717, 1.165) is 48.3 Å². The molecule has 0 aliphatic carbocycles. The molecule has 4 rings (SSSR count). The maximum absolute atomic E-state index is 13.9. The molecule has 204 valence electrons. The molecule has 39 heavy (non-hydrogen) atoms. The molecule has 3 aromatic carbocycles. The quantitative estimate of drug-likeness (QED) is 0.231. The summed E-state index contributed by atoms with van der Waals surface area (Å²) in [6.45, 7) is 4.30. The summed E-state index contributed by atoms with van der Waals surface area (Å²) in [5, 5.41) is 0. The lowest BCUT2D eigenvalue weighted by Gasteiger charge is -2.38. The molecule has 0 spiro atoms. The fraction of sp³-hybridized carbons (Fsp3) is 0.333. The van der Waals surface area contributed by atoms with Crippen LogP contribution >= 0.6 is 0 Å². The van der Waals surface area contributed by atoms with Gasteiger partial charge in [-0.3, -0.25) is 19.5 Å². The average molecular weight is 527 g/mol. The van der Waals surface area contributed by atoms with Gasteiger partial charge >= 0.3 is 5.97 Å². The molecule has 0 N–H and O–H groups in total. The molecule has 3 aromatic rings. The van der Waals surface area contributed by atoms with E-state index in [1.54, 1.807) is 4.90 Å².